The normalized spacial score (nSPS) is 25.0. The number of aromatic carboxylic acids is 1. The summed E-state index contributed by atoms with van der Waals surface area (Å²) in [5, 5.41) is 13.8. The summed E-state index contributed by atoms with van der Waals surface area (Å²) in [6, 6.07) is 3.91. The molecule has 2 aromatic heterocycles. The molecule has 1 unspecified atom stereocenters. The molecule has 1 saturated carbocycles. The zero-order valence-corrected chi connectivity index (χ0v) is 12.9. The molecular formula is C15H14N4O3S. The van der Waals surface area contributed by atoms with E-state index in [9.17, 15) is 9.59 Å². The van der Waals surface area contributed by atoms with Crippen molar-refractivity contribution in [1.82, 2.24) is 15.3 Å². The summed E-state index contributed by atoms with van der Waals surface area (Å²) in [6.07, 6.45) is 2.65. The number of carbonyl (C=O) groups excluding carboxylic acids is 1. The van der Waals surface area contributed by atoms with Gasteiger partial charge in [0.15, 0.2) is 0 Å². The second kappa shape index (κ2) is 5.31. The molecule has 0 bridgehead atoms. The lowest BCUT2D eigenvalue weighted by molar-refractivity contribution is 0.0695. The monoisotopic (exact) mass is 330 g/mol. The molecule has 2 aliphatic rings. The van der Waals surface area contributed by atoms with Gasteiger partial charge in [0.05, 0.1) is 10.4 Å². The van der Waals surface area contributed by atoms with Crippen molar-refractivity contribution in [1.29, 1.82) is 0 Å². The number of hydrogen-bond donors (Lipinski definition) is 2. The molecule has 1 aliphatic carbocycles. The van der Waals surface area contributed by atoms with E-state index < -0.39 is 5.97 Å². The molecule has 0 radical (unpaired) electrons. The lowest BCUT2D eigenvalue weighted by Gasteiger charge is -2.19. The van der Waals surface area contributed by atoms with Gasteiger partial charge in [-0.2, -0.15) is 0 Å². The van der Waals surface area contributed by atoms with Crippen LogP contribution < -0.4 is 10.2 Å². The molecule has 2 fully saturated rings. The Bertz CT molecular complexity index is 735. The average molecular weight is 330 g/mol. The molecule has 1 saturated heterocycles. The average Bonchev–Trinajstić information content (AvgIpc) is 3.00. The molecular weight excluding hydrogens is 316 g/mol. The number of nitrogens with one attached hydrogen (secondary N) is 1. The molecule has 0 spiro atoms. The maximum absolute atomic E-state index is 12.0. The molecule has 3 atom stereocenters. The van der Waals surface area contributed by atoms with Crippen LogP contribution in [0.4, 0.5) is 5.95 Å². The number of hydrogen-bond acceptors (Lipinski definition) is 6. The molecule has 118 valence electrons. The lowest BCUT2D eigenvalue weighted by atomic mass is 10.3. The highest BCUT2D eigenvalue weighted by molar-refractivity contribution is 7.12. The van der Waals surface area contributed by atoms with Gasteiger partial charge < -0.3 is 15.3 Å². The standard InChI is InChI=1S/C15H14N4O3S/c20-13(11-2-1-3-23-11)18-12-9-6-19(7-10(9)12)15-16-4-8(5-17-15)14(21)22/h1-5,9-10,12H,6-7H2,(H,18,20)(H,21,22)/t9-,10+,12?. The van der Waals surface area contributed by atoms with Gasteiger partial charge in [0.1, 0.15) is 0 Å². The van der Waals surface area contributed by atoms with E-state index >= 15 is 0 Å². The Kier molecular flexibility index (Phi) is 3.26. The van der Waals surface area contributed by atoms with Crippen LogP contribution in [0.5, 0.6) is 0 Å². The van der Waals surface area contributed by atoms with Gasteiger partial charge in [-0.25, -0.2) is 14.8 Å². The summed E-state index contributed by atoms with van der Waals surface area (Å²) < 4.78 is 0. The van der Waals surface area contributed by atoms with E-state index in [0.717, 1.165) is 18.0 Å². The molecule has 8 heteroatoms. The smallest absolute Gasteiger partial charge is 0.338 e. The summed E-state index contributed by atoms with van der Waals surface area (Å²) >= 11 is 1.44. The Labute approximate surface area is 136 Å². The van der Waals surface area contributed by atoms with Crippen molar-refractivity contribution in [2.45, 2.75) is 6.04 Å². The summed E-state index contributed by atoms with van der Waals surface area (Å²) in [6.45, 7) is 1.57. The van der Waals surface area contributed by atoms with Crippen LogP contribution in [0.1, 0.15) is 20.0 Å². The first kappa shape index (κ1) is 14.1. The fourth-order valence-corrected chi connectivity index (χ4v) is 3.76. The summed E-state index contributed by atoms with van der Waals surface area (Å²) in [7, 11) is 0. The number of carbonyl (C=O) groups is 2. The van der Waals surface area contributed by atoms with E-state index in [-0.39, 0.29) is 17.5 Å². The minimum absolute atomic E-state index is 0.00647. The number of piperidine rings is 1. The van der Waals surface area contributed by atoms with E-state index in [1.165, 1.54) is 23.7 Å². The number of carboxylic acid groups (broad SMARTS) is 1. The van der Waals surface area contributed by atoms with Crippen LogP contribution in [-0.4, -0.2) is 46.1 Å². The van der Waals surface area contributed by atoms with Crippen LogP contribution in [-0.2, 0) is 0 Å². The zero-order valence-electron chi connectivity index (χ0n) is 12.0. The van der Waals surface area contributed by atoms with Gasteiger partial charge in [-0.15, -0.1) is 11.3 Å². The van der Waals surface area contributed by atoms with Gasteiger partial charge in [-0.3, -0.25) is 4.79 Å². The number of anilines is 1. The number of nitrogens with zero attached hydrogens (tertiary/aromatic N) is 3. The van der Waals surface area contributed by atoms with Gasteiger partial charge in [0, 0.05) is 43.4 Å². The summed E-state index contributed by atoms with van der Waals surface area (Å²) in [4.78, 5) is 33.8. The highest BCUT2D eigenvalue weighted by Crippen LogP contribution is 2.46. The van der Waals surface area contributed by atoms with Crippen molar-refractivity contribution in [3.63, 3.8) is 0 Å². The van der Waals surface area contributed by atoms with Crippen LogP contribution in [0, 0.1) is 11.8 Å². The third kappa shape index (κ3) is 2.55. The van der Waals surface area contributed by atoms with E-state index in [1.54, 1.807) is 0 Å². The molecule has 2 aromatic rings. The fourth-order valence-electron chi connectivity index (χ4n) is 3.13. The van der Waals surface area contributed by atoms with Crippen molar-refractivity contribution in [2.24, 2.45) is 11.8 Å². The van der Waals surface area contributed by atoms with Crippen LogP contribution in [0.25, 0.3) is 0 Å². The van der Waals surface area contributed by atoms with Gasteiger partial charge in [-0.05, 0) is 11.4 Å². The van der Waals surface area contributed by atoms with E-state index in [2.05, 4.69) is 15.3 Å². The second-order valence-electron chi connectivity index (χ2n) is 5.79. The third-order valence-corrected chi connectivity index (χ3v) is 5.27. The number of amides is 1. The summed E-state index contributed by atoms with van der Waals surface area (Å²) in [5.41, 5.74) is 0.0826. The van der Waals surface area contributed by atoms with Crippen molar-refractivity contribution in [3.05, 3.63) is 40.3 Å². The van der Waals surface area contributed by atoms with E-state index in [0.29, 0.717) is 17.8 Å². The maximum atomic E-state index is 12.0. The quantitative estimate of drug-likeness (QED) is 0.872. The molecule has 3 heterocycles. The SMILES string of the molecule is O=C(O)c1cnc(N2C[C@@H]3C(NC(=O)c4cccs4)[C@@H]3C2)nc1. The summed E-state index contributed by atoms with van der Waals surface area (Å²) in [5.74, 6) is 0.346. The molecule has 23 heavy (non-hydrogen) atoms. The molecule has 1 aliphatic heterocycles. The Balaban J connectivity index is 1.34. The van der Waals surface area contributed by atoms with Gasteiger partial charge in [-0.1, -0.05) is 6.07 Å². The Hall–Kier alpha value is -2.48. The Morgan fingerprint density at radius 2 is 1.96 bits per heavy atom. The molecule has 4 rings (SSSR count). The number of fused-ring (bicyclic) bond motifs is 1. The Morgan fingerprint density at radius 3 is 2.52 bits per heavy atom. The zero-order chi connectivity index (χ0) is 16.0. The molecule has 0 aromatic carbocycles. The van der Waals surface area contributed by atoms with Crippen molar-refractivity contribution >= 4 is 29.2 Å². The number of carboxylic acids is 1. The molecule has 1 amide bonds. The van der Waals surface area contributed by atoms with Crippen LogP contribution in [0.2, 0.25) is 0 Å². The second-order valence-corrected chi connectivity index (χ2v) is 6.73. The predicted molar refractivity (Wildman–Crippen MR) is 83.8 cm³/mol. The first-order chi connectivity index (χ1) is 11.1. The van der Waals surface area contributed by atoms with Crippen LogP contribution in [0.3, 0.4) is 0 Å². The minimum atomic E-state index is -1.03. The first-order valence-corrected chi connectivity index (χ1v) is 8.16. The Morgan fingerprint density at radius 1 is 1.26 bits per heavy atom. The highest BCUT2D eigenvalue weighted by atomic mass is 32.1. The van der Waals surface area contributed by atoms with E-state index in [1.807, 2.05) is 22.4 Å². The van der Waals surface area contributed by atoms with Gasteiger partial charge in [0.2, 0.25) is 5.95 Å². The number of rotatable bonds is 4. The van der Waals surface area contributed by atoms with Crippen LogP contribution in [0.15, 0.2) is 29.9 Å². The fraction of sp³-hybridized carbons (Fsp3) is 0.333. The predicted octanol–water partition coefficient (Wildman–Crippen LogP) is 1.10. The topological polar surface area (TPSA) is 95.4 Å². The van der Waals surface area contributed by atoms with Gasteiger partial charge >= 0.3 is 5.97 Å². The third-order valence-electron chi connectivity index (χ3n) is 4.40. The number of aromatic nitrogens is 2. The van der Waals surface area contributed by atoms with Gasteiger partial charge in [0.25, 0.3) is 5.91 Å². The first-order valence-electron chi connectivity index (χ1n) is 7.28. The van der Waals surface area contributed by atoms with Crippen molar-refractivity contribution in [2.75, 3.05) is 18.0 Å². The maximum Gasteiger partial charge on any atom is 0.338 e. The molecule has 2 N–H and O–H groups in total. The lowest BCUT2D eigenvalue weighted by Crippen LogP contribution is -2.35. The van der Waals surface area contributed by atoms with Crippen molar-refractivity contribution < 1.29 is 14.7 Å². The number of thiophene rings is 1. The minimum Gasteiger partial charge on any atom is -0.478 e. The largest absolute Gasteiger partial charge is 0.478 e. The highest BCUT2D eigenvalue weighted by Gasteiger charge is 2.57. The van der Waals surface area contributed by atoms with Crippen molar-refractivity contribution in [3.8, 4) is 0 Å². The molecule has 7 nitrogen and oxygen atoms in total. The van der Waals surface area contributed by atoms with Crippen LogP contribution >= 0.6 is 11.3 Å². The van der Waals surface area contributed by atoms with E-state index in [4.69, 9.17) is 5.11 Å².